The Kier molecular flexibility index (Phi) is 2.83. The summed E-state index contributed by atoms with van der Waals surface area (Å²) in [5.74, 6) is 0.603. The van der Waals surface area contributed by atoms with Gasteiger partial charge < -0.3 is 5.32 Å². The molecular weight excluding hydrogens is 210 g/mol. The third-order valence-corrected chi connectivity index (χ3v) is 2.39. The maximum absolute atomic E-state index is 6.06. The summed E-state index contributed by atoms with van der Waals surface area (Å²) >= 11 is 6.06. The van der Waals surface area contributed by atoms with E-state index in [4.69, 9.17) is 11.6 Å². The van der Waals surface area contributed by atoms with Crippen molar-refractivity contribution in [2.45, 2.75) is 0 Å². The predicted octanol–water partition coefficient (Wildman–Crippen LogP) is 2.84. The van der Waals surface area contributed by atoms with Gasteiger partial charge in [-0.3, -0.25) is 0 Å². The van der Waals surface area contributed by atoms with Gasteiger partial charge in [0, 0.05) is 35.6 Å². The van der Waals surface area contributed by atoms with E-state index >= 15 is 0 Å². The van der Waals surface area contributed by atoms with Crippen LogP contribution in [0.15, 0.2) is 36.7 Å². The molecule has 0 fully saturated rings. The molecule has 4 heteroatoms. The molecule has 3 nitrogen and oxygen atoms in total. The highest BCUT2D eigenvalue weighted by molar-refractivity contribution is 6.33. The molecule has 0 atom stereocenters. The number of rotatable bonds is 2. The molecule has 0 aliphatic heterocycles. The van der Waals surface area contributed by atoms with Crippen molar-refractivity contribution in [3.8, 4) is 11.1 Å². The van der Waals surface area contributed by atoms with Gasteiger partial charge in [0.15, 0.2) is 0 Å². The van der Waals surface area contributed by atoms with Crippen LogP contribution in [0.4, 0.5) is 5.95 Å². The van der Waals surface area contributed by atoms with Gasteiger partial charge in [0.05, 0.1) is 0 Å². The van der Waals surface area contributed by atoms with E-state index in [1.165, 1.54) is 0 Å². The molecule has 0 aliphatic carbocycles. The van der Waals surface area contributed by atoms with E-state index in [1.54, 1.807) is 19.4 Å². The molecule has 0 amide bonds. The molecule has 0 saturated carbocycles. The first-order valence-electron chi connectivity index (χ1n) is 4.56. The van der Waals surface area contributed by atoms with E-state index in [0.717, 1.165) is 11.1 Å². The molecule has 15 heavy (non-hydrogen) atoms. The summed E-state index contributed by atoms with van der Waals surface area (Å²) < 4.78 is 0. The zero-order valence-electron chi connectivity index (χ0n) is 8.24. The van der Waals surface area contributed by atoms with Gasteiger partial charge in [-0.05, 0) is 6.07 Å². The van der Waals surface area contributed by atoms with Crippen molar-refractivity contribution in [3.05, 3.63) is 41.7 Å². The zero-order chi connectivity index (χ0) is 10.7. The van der Waals surface area contributed by atoms with Crippen molar-refractivity contribution < 1.29 is 0 Å². The number of nitrogens with one attached hydrogen (secondary N) is 1. The maximum atomic E-state index is 6.06. The number of halogens is 1. The molecular formula is C11H10ClN3. The first kappa shape index (κ1) is 9.93. The van der Waals surface area contributed by atoms with Crippen LogP contribution in [0.2, 0.25) is 5.02 Å². The van der Waals surface area contributed by atoms with Crippen molar-refractivity contribution in [1.29, 1.82) is 0 Å². The second kappa shape index (κ2) is 4.28. The Hall–Kier alpha value is -1.61. The lowest BCUT2D eigenvalue weighted by Gasteiger charge is -2.03. The van der Waals surface area contributed by atoms with Crippen molar-refractivity contribution in [2.24, 2.45) is 0 Å². The Labute approximate surface area is 93.1 Å². The highest BCUT2D eigenvalue weighted by Gasteiger charge is 2.03. The van der Waals surface area contributed by atoms with E-state index in [9.17, 15) is 0 Å². The number of anilines is 1. The molecule has 0 unspecified atom stereocenters. The van der Waals surface area contributed by atoms with E-state index in [1.807, 2.05) is 24.3 Å². The standard InChI is InChI=1S/C11H10ClN3/c1-13-11-14-6-8(7-15-11)9-4-2-3-5-10(9)12/h2-7H,1H3,(H,13,14,15). The first-order chi connectivity index (χ1) is 7.31. The number of benzene rings is 1. The quantitative estimate of drug-likeness (QED) is 0.844. The van der Waals surface area contributed by atoms with Gasteiger partial charge in [0.25, 0.3) is 0 Å². The minimum absolute atomic E-state index is 0.603. The molecule has 2 rings (SSSR count). The molecule has 0 radical (unpaired) electrons. The molecule has 2 aromatic rings. The minimum atomic E-state index is 0.603. The SMILES string of the molecule is CNc1ncc(-c2ccccc2Cl)cn1. The lowest BCUT2D eigenvalue weighted by Crippen LogP contribution is -1.95. The second-order valence-electron chi connectivity index (χ2n) is 3.03. The highest BCUT2D eigenvalue weighted by Crippen LogP contribution is 2.26. The van der Waals surface area contributed by atoms with E-state index in [2.05, 4.69) is 15.3 Å². The minimum Gasteiger partial charge on any atom is -0.357 e. The summed E-state index contributed by atoms with van der Waals surface area (Å²) in [5.41, 5.74) is 1.86. The van der Waals surface area contributed by atoms with Crippen LogP contribution in [0, 0.1) is 0 Å². The summed E-state index contributed by atoms with van der Waals surface area (Å²) in [6, 6.07) is 7.63. The molecule has 76 valence electrons. The molecule has 1 N–H and O–H groups in total. The molecule has 0 spiro atoms. The molecule has 1 aromatic heterocycles. The van der Waals surface area contributed by atoms with Gasteiger partial charge >= 0.3 is 0 Å². The number of nitrogens with zero attached hydrogens (tertiary/aromatic N) is 2. The van der Waals surface area contributed by atoms with Gasteiger partial charge in [-0.2, -0.15) is 0 Å². The van der Waals surface area contributed by atoms with E-state index in [0.29, 0.717) is 11.0 Å². The van der Waals surface area contributed by atoms with Crippen molar-refractivity contribution in [2.75, 3.05) is 12.4 Å². The molecule has 0 saturated heterocycles. The highest BCUT2D eigenvalue weighted by atomic mass is 35.5. The Morgan fingerprint density at radius 1 is 1.13 bits per heavy atom. The van der Waals surface area contributed by atoms with Crippen LogP contribution in [0.3, 0.4) is 0 Å². The summed E-state index contributed by atoms with van der Waals surface area (Å²) in [4.78, 5) is 8.27. The summed E-state index contributed by atoms with van der Waals surface area (Å²) in [6.07, 6.45) is 3.50. The number of hydrogen-bond acceptors (Lipinski definition) is 3. The number of aromatic nitrogens is 2. The van der Waals surface area contributed by atoms with E-state index < -0.39 is 0 Å². The monoisotopic (exact) mass is 219 g/mol. The van der Waals surface area contributed by atoms with Crippen LogP contribution in [0.25, 0.3) is 11.1 Å². The van der Waals surface area contributed by atoms with Gasteiger partial charge in [-0.25, -0.2) is 9.97 Å². The smallest absolute Gasteiger partial charge is 0.222 e. The zero-order valence-corrected chi connectivity index (χ0v) is 8.99. The Bertz CT molecular complexity index is 454. The van der Waals surface area contributed by atoms with Gasteiger partial charge in [0.2, 0.25) is 5.95 Å². The van der Waals surface area contributed by atoms with Crippen LogP contribution in [0.5, 0.6) is 0 Å². The lowest BCUT2D eigenvalue weighted by atomic mass is 10.1. The fourth-order valence-electron chi connectivity index (χ4n) is 1.29. The van der Waals surface area contributed by atoms with Gasteiger partial charge in [-0.15, -0.1) is 0 Å². The lowest BCUT2D eigenvalue weighted by molar-refractivity contribution is 1.15. The van der Waals surface area contributed by atoms with E-state index in [-0.39, 0.29) is 0 Å². The largest absolute Gasteiger partial charge is 0.357 e. The summed E-state index contributed by atoms with van der Waals surface area (Å²) in [7, 11) is 1.78. The Morgan fingerprint density at radius 2 is 1.80 bits per heavy atom. The Morgan fingerprint density at radius 3 is 2.40 bits per heavy atom. The molecule has 1 heterocycles. The van der Waals surface area contributed by atoms with Crippen molar-refractivity contribution in [1.82, 2.24) is 9.97 Å². The average Bonchev–Trinajstić information content (AvgIpc) is 2.30. The normalized spacial score (nSPS) is 10.0. The average molecular weight is 220 g/mol. The molecule has 0 bridgehead atoms. The Balaban J connectivity index is 2.42. The predicted molar refractivity (Wildman–Crippen MR) is 62.0 cm³/mol. The topological polar surface area (TPSA) is 37.8 Å². The van der Waals surface area contributed by atoms with Crippen LogP contribution < -0.4 is 5.32 Å². The van der Waals surface area contributed by atoms with Gasteiger partial charge in [-0.1, -0.05) is 29.8 Å². The van der Waals surface area contributed by atoms with Crippen LogP contribution >= 0.6 is 11.6 Å². The fraction of sp³-hybridized carbons (Fsp3) is 0.0909. The summed E-state index contributed by atoms with van der Waals surface area (Å²) in [6.45, 7) is 0. The summed E-state index contributed by atoms with van der Waals surface area (Å²) in [5, 5.41) is 3.57. The number of hydrogen-bond donors (Lipinski definition) is 1. The van der Waals surface area contributed by atoms with Crippen molar-refractivity contribution >= 4 is 17.5 Å². The van der Waals surface area contributed by atoms with Gasteiger partial charge in [0.1, 0.15) is 0 Å². The maximum Gasteiger partial charge on any atom is 0.222 e. The van der Waals surface area contributed by atoms with Crippen LogP contribution in [0.1, 0.15) is 0 Å². The van der Waals surface area contributed by atoms with Crippen LogP contribution in [-0.2, 0) is 0 Å². The first-order valence-corrected chi connectivity index (χ1v) is 4.94. The molecule has 1 aromatic carbocycles. The van der Waals surface area contributed by atoms with Crippen LogP contribution in [-0.4, -0.2) is 17.0 Å². The third kappa shape index (κ3) is 2.07. The fourth-order valence-corrected chi connectivity index (χ4v) is 1.54. The van der Waals surface area contributed by atoms with Crippen molar-refractivity contribution in [3.63, 3.8) is 0 Å². The second-order valence-corrected chi connectivity index (χ2v) is 3.43. The third-order valence-electron chi connectivity index (χ3n) is 2.06. The molecule has 0 aliphatic rings.